The van der Waals surface area contributed by atoms with Gasteiger partial charge in [-0.05, 0) is 43.2 Å². The van der Waals surface area contributed by atoms with E-state index in [1.807, 2.05) is 13.8 Å². The number of hydrogen-bond acceptors (Lipinski definition) is 2. The lowest BCUT2D eigenvalue weighted by Gasteiger charge is -2.14. The van der Waals surface area contributed by atoms with Gasteiger partial charge in [0.15, 0.2) is 0 Å². The highest BCUT2D eigenvalue weighted by Crippen LogP contribution is 2.31. The van der Waals surface area contributed by atoms with Gasteiger partial charge in [0.25, 0.3) is 0 Å². The summed E-state index contributed by atoms with van der Waals surface area (Å²) < 4.78 is 48.8. The molecule has 0 saturated carbocycles. The van der Waals surface area contributed by atoms with Crippen molar-refractivity contribution in [2.24, 2.45) is 0 Å². The molecule has 2 rings (SSSR count). The van der Waals surface area contributed by atoms with E-state index in [0.29, 0.717) is 22.1 Å². The lowest BCUT2D eigenvalue weighted by Crippen LogP contribution is -2.09. The largest absolute Gasteiger partial charge is 0.491 e. The summed E-state index contributed by atoms with van der Waals surface area (Å²) in [5.41, 5.74) is -0.0603. The lowest BCUT2D eigenvalue weighted by atomic mass is 10.1. The van der Waals surface area contributed by atoms with E-state index in [1.165, 1.54) is 12.1 Å². The third-order valence-corrected chi connectivity index (χ3v) is 3.79. The fraction of sp³-hybridized carbons (Fsp3) is 0.333. The van der Waals surface area contributed by atoms with Crippen molar-refractivity contribution in [1.82, 2.24) is 0 Å². The molecule has 0 fully saturated rings. The summed E-state index contributed by atoms with van der Waals surface area (Å²) in [6.07, 6.45) is -3.38. The number of benzene rings is 2. The number of rotatable bonds is 6. The van der Waals surface area contributed by atoms with Gasteiger partial charge >= 0.3 is 6.18 Å². The molecule has 6 heteroatoms. The molecule has 0 aliphatic heterocycles. The molecule has 1 unspecified atom stereocenters. The van der Waals surface area contributed by atoms with Crippen LogP contribution in [0.2, 0.25) is 5.02 Å². The summed E-state index contributed by atoms with van der Waals surface area (Å²) >= 11 is 6.15. The molecule has 2 nitrogen and oxygen atoms in total. The van der Waals surface area contributed by atoms with E-state index in [0.717, 1.165) is 18.6 Å². The van der Waals surface area contributed by atoms with Crippen LogP contribution >= 0.6 is 11.6 Å². The third-order valence-electron chi connectivity index (χ3n) is 3.49. The molecule has 2 aromatic rings. The van der Waals surface area contributed by atoms with Crippen molar-refractivity contribution in [3.05, 3.63) is 58.6 Å². The van der Waals surface area contributed by atoms with Crippen LogP contribution in [-0.4, -0.2) is 6.10 Å². The van der Waals surface area contributed by atoms with Gasteiger partial charge < -0.3 is 9.47 Å². The van der Waals surface area contributed by atoms with Crippen molar-refractivity contribution in [3.8, 4) is 11.5 Å². The minimum atomic E-state index is -4.34. The highest BCUT2D eigenvalue weighted by Gasteiger charge is 2.29. The van der Waals surface area contributed by atoms with Gasteiger partial charge in [-0.1, -0.05) is 30.7 Å². The molecule has 0 aromatic heterocycles. The minimum absolute atomic E-state index is 0.0833. The summed E-state index contributed by atoms with van der Waals surface area (Å²) in [5.74, 6) is 1.10. The SMILES string of the molecule is CCC(C)Oc1ccc(OCc2ccc(C(F)(F)F)cc2)c(Cl)c1. The van der Waals surface area contributed by atoms with Crippen molar-refractivity contribution in [1.29, 1.82) is 0 Å². The Hall–Kier alpha value is -1.88. The first kappa shape index (κ1) is 18.5. The molecule has 130 valence electrons. The Morgan fingerprint density at radius 1 is 1.08 bits per heavy atom. The maximum atomic E-state index is 12.5. The first-order valence-corrected chi connectivity index (χ1v) is 7.92. The monoisotopic (exact) mass is 358 g/mol. The summed E-state index contributed by atoms with van der Waals surface area (Å²) in [6, 6.07) is 9.93. The van der Waals surface area contributed by atoms with Gasteiger partial charge in [0.2, 0.25) is 0 Å². The zero-order valence-electron chi connectivity index (χ0n) is 13.4. The Bertz CT molecular complexity index is 669. The van der Waals surface area contributed by atoms with E-state index in [-0.39, 0.29) is 12.7 Å². The maximum absolute atomic E-state index is 12.5. The average molecular weight is 359 g/mol. The van der Waals surface area contributed by atoms with Gasteiger partial charge in [-0.25, -0.2) is 0 Å². The fourth-order valence-electron chi connectivity index (χ4n) is 1.94. The first-order chi connectivity index (χ1) is 11.3. The molecule has 2 aromatic carbocycles. The molecule has 24 heavy (non-hydrogen) atoms. The van der Waals surface area contributed by atoms with Crippen molar-refractivity contribution < 1.29 is 22.6 Å². The van der Waals surface area contributed by atoms with Crippen LogP contribution in [0.5, 0.6) is 11.5 Å². The third kappa shape index (κ3) is 5.06. The summed E-state index contributed by atoms with van der Waals surface area (Å²) in [7, 11) is 0. The molecule has 0 spiro atoms. The summed E-state index contributed by atoms with van der Waals surface area (Å²) in [5, 5.41) is 0.391. The van der Waals surface area contributed by atoms with Gasteiger partial charge in [0, 0.05) is 6.07 Å². The zero-order valence-corrected chi connectivity index (χ0v) is 14.1. The van der Waals surface area contributed by atoms with Crippen LogP contribution in [0.3, 0.4) is 0 Å². The molecular weight excluding hydrogens is 341 g/mol. The lowest BCUT2D eigenvalue weighted by molar-refractivity contribution is -0.137. The predicted molar refractivity (Wildman–Crippen MR) is 87.6 cm³/mol. The fourth-order valence-corrected chi connectivity index (χ4v) is 2.16. The maximum Gasteiger partial charge on any atom is 0.416 e. The van der Waals surface area contributed by atoms with Crippen LogP contribution in [0, 0.1) is 0 Å². The second-order valence-electron chi connectivity index (χ2n) is 5.41. The quantitative estimate of drug-likeness (QED) is 0.619. The van der Waals surface area contributed by atoms with Crippen molar-refractivity contribution in [2.45, 2.75) is 39.2 Å². The van der Waals surface area contributed by atoms with E-state index in [1.54, 1.807) is 18.2 Å². The van der Waals surface area contributed by atoms with Gasteiger partial charge in [-0.15, -0.1) is 0 Å². The smallest absolute Gasteiger partial charge is 0.416 e. The normalized spacial score (nSPS) is 12.8. The molecule has 0 heterocycles. The molecule has 0 radical (unpaired) electrons. The topological polar surface area (TPSA) is 18.5 Å². The van der Waals surface area contributed by atoms with Crippen molar-refractivity contribution >= 4 is 11.6 Å². The van der Waals surface area contributed by atoms with Crippen LogP contribution in [0.25, 0.3) is 0 Å². The van der Waals surface area contributed by atoms with E-state index >= 15 is 0 Å². The number of ether oxygens (including phenoxy) is 2. The number of alkyl halides is 3. The van der Waals surface area contributed by atoms with Crippen LogP contribution < -0.4 is 9.47 Å². The number of halogens is 4. The van der Waals surface area contributed by atoms with Crippen molar-refractivity contribution in [2.75, 3.05) is 0 Å². The van der Waals surface area contributed by atoms with Gasteiger partial charge in [-0.2, -0.15) is 13.2 Å². The average Bonchev–Trinajstić information content (AvgIpc) is 2.53. The predicted octanol–water partition coefficient (Wildman–Crippen LogP) is 6.12. The van der Waals surface area contributed by atoms with E-state index in [4.69, 9.17) is 21.1 Å². The van der Waals surface area contributed by atoms with Gasteiger partial charge in [0.1, 0.15) is 18.1 Å². The summed E-state index contributed by atoms with van der Waals surface area (Å²) in [4.78, 5) is 0. The van der Waals surface area contributed by atoms with E-state index < -0.39 is 11.7 Å². The Balaban J connectivity index is 1.99. The Morgan fingerprint density at radius 2 is 1.75 bits per heavy atom. The second kappa shape index (κ2) is 7.79. The van der Waals surface area contributed by atoms with Crippen LogP contribution in [-0.2, 0) is 12.8 Å². The molecular formula is C18H18ClF3O2. The Labute approximate surface area is 144 Å². The standard InChI is InChI=1S/C18H18ClF3O2/c1-3-12(2)24-15-8-9-17(16(19)10-15)23-11-13-4-6-14(7-5-13)18(20,21)22/h4-10,12H,3,11H2,1-2H3. The Morgan fingerprint density at radius 3 is 2.29 bits per heavy atom. The molecule has 0 aliphatic rings. The Kier molecular flexibility index (Phi) is 5.99. The van der Waals surface area contributed by atoms with Crippen LogP contribution in [0.4, 0.5) is 13.2 Å². The van der Waals surface area contributed by atoms with Gasteiger partial charge in [0.05, 0.1) is 16.7 Å². The van der Waals surface area contributed by atoms with Gasteiger partial charge in [-0.3, -0.25) is 0 Å². The van der Waals surface area contributed by atoms with Crippen LogP contribution in [0.1, 0.15) is 31.4 Å². The molecule has 1 atom stereocenters. The van der Waals surface area contributed by atoms with Crippen molar-refractivity contribution in [3.63, 3.8) is 0 Å². The first-order valence-electron chi connectivity index (χ1n) is 7.54. The molecule has 0 amide bonds. The van der Waals surface area contributed by atoms with E-state index in [2.05, 4.69) is 0 Å². The second-order valence-corrected chi connectivity index (χ2v) is 5.82. The van der Waals surface area contributed by atoms with Crippen LogP contribution in [0.15, 0.2) is 42.5 Å². The molecule has 0 bridgehead atoms. The highest BCUT2D eigenvalue weighted by atomic mass is 35.5. The van der Waals surface area contributed by atoms with E-state index in [9.17, 15) is 13.2 Å². The molecule has 0 saturated heterocycles. The molecule has 0 aliphatic carbocycles. The minimum Gasteiger partial charge on any atom is -0.491 e. The zero-order chi connectivity index (χ0) is 17.7. The molecule has 0 N–H and O–H groups in total. The number of hydrogen-bond donors (Lipinski definition) is 0. The highest BCUT2D eigenvalue weighted by molar-refractivity contribution is 6.32. The summed E-state index contributed by atoms with van der Waals surface area (Å²) in [6.45, 7) is 4.11.